The Kier molecular flexibility index (Phi) is 15.3. The van der Waals surface area contributed by atoms with E-state index in [2.05, 4.69) is 20.8 Å². The molecule has 29 heavy (non-hydrogen) atoms. The van der Waals surface area contributed by atoms with Crippen molar-refractivity contribution in [3.8, 4) is 0 Å². The van der Waals surface area contributed by atoms with E-state index in [9.17, 15) is 13.0 Å². The van der Waals surface area contributed by atoms with Crippen molar-refractivity contribution in [2.24, 2.45) is 0 Å². The van der Waals surface area contributed by atoms with E-state index >= 15 is 0 Å². The van der Waals surface area contributed by atoms with E-state index in [1.165, 1.54) is 87.7 Å². The summed E-state index contributed by atoms with van der Waals surface area (Å²) in [5.41, 5.74) is 0.928. The molecule has 0 aliphatic rings. The van der Waals surface area contributed by atoms with Crippen LogP contribution in [0.25, 0.3) is 0 Å². The van der Waals surface area contributed by atoms with Gasteiger partial charge in [-0.25, -0.2) is 8.42 Å². The van der Waals surface area contributed by atoms with Crippen molar-refractivity contribution in [2.45, 2.75) is 84.0 Å². The van der Waals surface area contributed by atoms with E-state index in [0.29, 0.717) is 6.61 Å². The molecule has 0 aliphatic heterocycles. The van der Waals surface area contributed by atoms with Gasteiger partial charge in [-0.1, -0.05) is 57.7 Å². The summed E-state index contributed by atoms with van der Waals surface area (Å²) >= 11 is 0. The summed E-state index contributed by atoms with van der Waals surface area (Å²) in [5, 5.41) is 9.14. The predicted octanol–water partition coefficient (Wildman–Crippen LogP) is 4.88. The largest absolute Gasteiger partial charge is 0.744 e. The summed E-state index contributed by atoms with van der Waals surface area (Å²) in [6.45, 7) is 14.2. The Hall–Kier alpha value is -0.950. The molecule has 6 heteroatoms. The summed E-state index contributed by atoms with van der Waals surface area (Å²) in [5.74, 6) is 0. The molecule has 0 heterocycles. The molecule has 0 fully saturated rings. The number of benzene rings is 1. The molecule has 0 aromatic heterocycles. The molecule has 5 nitrogen and oxygen atoms in total. The van der Waals surface area contributed by atoms with Gasteiger partial charge >= 0.3 is 0 Å². The number of aliphatic hydroxyl groups excluding tert-OH is 1. The Labute approximate surface area is 179 Å². The predicted molar refractivity (Wildman–Crippen MR) is 120 cm³/mol. The van der Waals surface area contributed by atoms with Gasteiger partial charge in [-0.3, -0.25) is 0 Å². The number of nitrogens with zero attached hydrogens (tertiary/aromatic N) is 1. The first-order chi connectivity index (χ1) is 13.7. The standard InChI is InChI=1S/C16H36NO.C7H8O3S/c1-4-7-10-14-17(12-8-5-2,13-9-6-3)15-11-16-18;1-6-2-4-7(5-3-6)11(8,9)10/h18H,4-16H2,1-3H3;2-5H,1H3,(H,8,9,10)/q+1;/p-1. The third kappa shape index (κ3) is 13.1. The Bertz CT molecular complexity index is 592. The van der Waals surface area contributed by atoms with Crippen LogP contribution in [-0.4, -0.2) is 55.3 Å². The van der Waals surface area contributed by atoms with Gasteiger partial charge in [0.25, 0.3) is 0 Å². The van der Waals surface area contributed by atoms with Gasteiger partial charge in [0, 0.05) is 13.0 Å². The molecule has 0 amide bonds. The quantitative estimate of drug-likeness (QED) is 0.260. The molecule has 0 bridgehead atoms. The Balaban J connectivity index is 0.000000604. The molecular formula is C23H43NO4S. The molecule has 0 radical (unpaired) electrons. The van der Waals surface area contributed by atoms with E-state index < -0.39 is 10.1 Å². The zero-order chi connectivity index (χ0) is 22.2. The number of aryl methyl sites for hydroxylation is 1. The molecule has 0 unspecified atom stereocenters. The third-order valence-corrected chi connectivity index (χ3v) is 6.16. The van der Waals surface area contributed by atoms with E-state index in [-0.39, 0.29) is 4.90 Å². The molecule has 0 saturated heterocycles. The maximum atomic E-state index is 10.4. The van der Waals surface area contributed by atoms with Crippen LogP contribution in [0.3, 0.4) is 0 Å². The fourth-order valence-electron chi connectivity index (χ4n) is 3.47. The molecule has 0 aliphatic carbocycles. The highest BCUT2D eigenvalue weighted by Crippen LogP contribution is 2.16. The third-order valence-electron chi connectivity index (χ3n) is 5.31. The van der Waals surface area contributed by atoms with Crippen LogP contribution < -0.4 is 0 Å². The van der Waals surface area contributed by atoms with E-state index in [4.69, 9.17) is 5.11 Å². The summed E-state index contributed by atoms with van der Waals surface area (Å²) in [4.78, 5) is -0.178. The van der Waals surface area contributed by atoms with Crippen molar-refractivity contribution in [3.05, 3.63) is 29.8 Å². The van der Waals surface area contributed by atoms with Crippen LogP contribution in [0.1, 0.15) is 77.7 Å². The lowest BCUT2D eigenvalue weighted by Crippen LogP contribution is -2.51. The van der Waals surface area contributed by atoms with Gasteiger partial charge in [-0.05, 0) is 44.7 Å². The lowest BCUT2D eigenvalue weighted by molar-refractivity contribution is -0.929. The molecular weight excluding hydrogens is 386 g/mol. The highest BCUT2D eigenvalue weighted by molar-refractivity contribution is 7.85. The number of quaternary nitrogens is 1. The monoisotopic (exact) mass is 429 g/mol. The first kappa shape index (κ1) is 28.1. The molecule has 1 N–H and O–H groups in total. The van der Waals surface area contributed by atoms with Gasteiger partial charge < -0.3 is 14.1 Å². The maximum absolute atomic E-state index is 10.4. The molecule has 1 rings (SSSR count). The second kappa shape index (κ2) is 15.8. The Morgan fingerprint density at radius 2 is 1.24 bits per heavy atom. The van der Waals surface area contributed by atoms with Crippen molar-refractivity contribution in [2.75, 3.05) is 32.8 Å². The van der Waals surface area contributed by atoms with Gasteiger partial charge in [0.05, 0.1) is 31.1 Å². The number of hydrogen-bond donors (Lipinski definition) is 1. The Morgan fingerprint density at radius 3 is 1.66 bits per heavy atom. The van der Waals surface area contributed by atoms with Gasteiger partial charge in [-0.2, -0.15) is 0 Å². The van der Waals surface area contributed by atoms with Crippen molar-refractivity contribution < 1.29 is 22.6 Å². The minimum atomic E-state index is -4.27. The number of hydrogen-bond acceptors (Lipinski definition) is 4. The summed E-state index contributed by atoms with van der Waals surface area (Å²) in [6, 6.07) is 5.78. The SMILES string of the molecule is CCCCC[N+](CCCC)(CCCC)CCCO.Cc1ccc(S(=O)(=O)[O-])cc1. The molecule has 0 atom stereocenters. The fraction of sp³-hybridized carbons (Fsp3) is 0.739. The van der Waals surface area contributed by atoms with Crippen molar-refractivity contribution >= 4 is 10.1 Å². The van der Waals surface area contributed by atoms with Gasteiger partial charge in [0.2, 0.25) is 0 Å². The van der Waals surface area contributed by atoms with Crippen LogP contribution >= 0.6 is 0 Å². The normalized spacial score (nSPS) is 11.8. The van der Waals surface area contributed by atoms with E-state index in [1.54, 1.807) is 12.1 Å². The van der Waals surface area contributed by atoms with E-state index in [1.807, 2.05) is 6.92 Å². The van der Waals surface area contributed by atoms with Crippen LogP contribution in [0, 0.1) is 6.92 Å². The molecule has 1 aromatic rings. The fourth-order valence-corrected chi connectivity index (χ4v) is 3.94. The average Bonchev–Trinajstić information content (AvgIpc) is 2.69. The highest BCUT2D eigenvalue weighted by atomic mass is 32.2. The Morgan fingerprint density at radius 1 is 0.793 bits per heavy atom. The topological polar surface area (TPSA) is 77.4 Å². The minimum absolute atomic E-state index is 0.178. The molecule has 170 valence electrons. The number of unbranched alkanes of at least 4 members (excludes halogenated alkanes) is 4. The summed E-state index contributed by atoms with van der Waals surface area (Å²) in [6.07, 6.45) is 10.2. The molecule has 0 saturated carbocycles. The zero-order valence-electron chi connectivity index (χ0n) is 19.0. The van der Waals surface area contributed by atoms with Gasteiger partial charge in [0.1, 0.15) is 10.1 Å². The second-order valence-corrected chi connectivity index (χ2v) is 9.37. The maximum Gasteiger partial charge on any atom is 0.124 e. The molecule has 1 aromatic carbocycles. The lowest BCUT2D eigenvalue weighted by atomic mass is 10.1. The smallest absolute Gasteiger partial charge is 0.124 e. The van der Waals surface area contributed by atoms with Crippen LogP contribution in [0.2, 0.25) is 0 Å². The van der Waals surface area contributed by atoms with Crippen molar-refractivity contribution in [1.82, 2.24) is 0 Å². The lowest BCUT2D eigenvalue weighted by Gasteiger charge is -2.39. The highest BCUT2D eigenvalue weighted by Gasteiger charge is 2.25. The summed E-state index contributed by atoms with van der Waals surface area (Å²) < 4.78 is 32.4. The summed E-state index contributed by atoms with van der Waals surface area (Å²) in [7, 11) is -4.27. The van der Waals surface area contributed by atoms with Crippen LogP contribution in [0.4, 0.5) is 0 Å². The number of rotatable bonds is 14. The van der Waals surface area contributed by atoms with Crippen molar-refractivity contribution in [3.63, 3.8) is 0 Å². The average molecular weight is 430 g/mol. The molecule has 0 spiro atoms. The van der Waals surface area contributed by atoms with Gasteiger partial charge in [-0.15, -0.1) is 0 Å². The van der Waals surface area contributed by atoms with Crippen LogP contribution in [-0.2, 0) is 10.1 Å². The van der Waals surface area contributed by atoms with Crippen LogP contribution in [0.15, 0.2) is 29.2 Å². The number of aliphatic hydroxyl groups is 1. The van der Waals surface area contributed by atoms with E-state index in [0.717, 1.165) is 12.0 Å². The van der Waals surface area contributed by atoms with Gasteiger partial charge in [0.15, 0.2) is 0 Å². The van der Waals surface area contributed by atoms with Crippen molar-refractivity contribution in [1.29, 1.82) is 0 Å². The first-order valence-electron chi connectivity index (χ1n) is 11.2. The first-order valence-corrected chi connectivity index (χ1v) is 12.6. The zero-order valence-corrected chi connectivity index (χ0v) is 19.8. The second-order valence-electron chi connectivity index (χ2n) is 7.99. The van der Waals surface area contributed by atoms with Crippen LogP contribution in [0.5, 0.6) is 0 Å². The minimum Gasteiger partial charge on any atom is -0.744 e.